The van der Waals surface area contributed by atoms with Crippen molar-refractivity contribution >= 4 is 22.5 Å². The summed E-state index contributed by atoms with van der Waals surface area (Å²) in [4.78, 5) is 27.9. The second-order valence-electron chi connectivity index (χ2n) is 6.54. The van der Waals surface area contributed by atoms with E-state index in [1.807, 2.05) is 31.2 Å². The van der Waals surface area contributed by atoms with E-state index >= 15 is 0 Å². The van der Waals surface area contributed by atoms with E-state index in [-0.39, 0.29) is 24.5 Å². The molecule has 0 aliphatic carbocycles. The summed E-state index contributed by atoms with van der Waals surface area (Å²) in [7, 11) is 0. The molecule has 0 unspecified atom stereocenters. The minimum atomic E-state index is -0.482. The highest BCUT2D eigenvalue weighted by Crippen LogP contribution is 2.32. The molecule has 4 aromatic rings. The molecular weight excluding hydrogens is 362 g/mol. The molecule has 9 heteroatoms. The lowest BCUT2D eigenvalue weighted by atomic mass is 10.2. The Morgan fingerprint density at radius 1 is 1.21 bits per heavy atom. The van der Waals surface area contributed by atoms with Crippen LogP contribution in [0.3, 0.4) is 0 Å². The Morgan fingerprint density at radius 2 is 2.07 bits per heavy atom. The molecule has 28 heavy (non-hydrogen) atoms. The zero-order valence-corrected chi connectivity index (χ0v) is 14.9. The maximum Gasteiger partial charge on any atom is 0.277 e. The molecule has 0 bridgehead atoms. The number of amides is 1. The topological polar surface area (TPSA) is 111 Å². The molecule has 0 atom stereocenters. The molecule has 3 heterocycles. The van der Waals surface area contributed by atoms with Crippen LogP contribution in [0.1, 0.15) is 21.6 Å². The minimum absolute atomic E-state index is 0.0236. The van der Waals surface area contributed by atoms with Crippen LogP contribution in [-0.4, -0.2) is 32.5 Å². The first kappa shape index (κ1) is 16.3. The summed E-state index contributed by atoms with van der Waals surface area (Å²) in [6.07, 6.45) is 0. The third-order valence-electron chi connectivity index (χ3n) is 4.62. The van der Waals surface area contributed by atoms with Gasteiger partial charge in [-0.1, -0.05) is 17.3 Å². The van der Waals surface area contributed by atoms with Gasteiger partial charge in [-0.25, -0.2) is 4.52 Å². The van der Waals surface area contributed by atoms with Crippen LogP contribution in [-0.2, 0) is 6.54 Å². The van der Waals surface area contributed by atoms with Gasteiger partial charge in [-0.2, -0.15) is 0 Å². The van der Waals surface area contributed by atoms with Crippen LogP contribution in [0, 0.1) is 6.92 Å². The first-order valence-electron chi connectivity index (χ1n) is 8.65. The number of aromatic nitrogens is 4. The summed E-state index contributed by atoms with van der Waals surface area (Å²) in [6.45, 7) is 2.37. The third kappa shape index (κ3) is 2.56. The van der Waals surface area contributed by atoms with E-state index < -0.39 is 11.5 Å². The van der Waals surface area contributed by atoms with Crippen molar-refractivity contribution in [1.29, 1.82) is 0 Å². The highest BCUT2D eigenvalue weighted by atomic mass is 16.7. The fourth-order valence-electron chi connectivity index (χ4n) is 3.24. The zero-order chi connectivity index (χ0) is 19.3. The molecule has 0 fully saturated rings. The van der Waals surface area contributed by atoms with Gasteiger partial charge in [0.1, 0.15) is 0 Å². The number of fused-ring (bicyclic) bond motifs is 4. The Bertz CT molecular complexity index is 1310. The summed E-state index contributed by atoms with van der Waals surface area (Å²) >= 11 is 0. The molecule has 2 aromatic heterocycles. The van der Waals surface area contributed by atoms with Crippen molar-refractivity contribution in [3.8, 4) is 11.5 Å². The van der Waals surface area contributed by atoms with Gasteiger partial charge in [-0.05, 0) is 42.3 Å². The Kier molecular flexibility index (Phi) is 3.54. The summed E-state index contributed by atoms with van der Waals surface area (Å²) in [5, 5.41) is 10.7. The molecule has 2 N–H and O–H groups in total. The van der Waals surface area contributed by atoms with E-state index in [0.717, 1.165) is 11.1 Å². The molecule has 9 nitrogen and oxygen atoms in total. The van der Waals surface area contributed by atoms with Gasteiger partial charge in [0.2, 0.25) is 6.79 Å². The fourth-order valence-corrected chi connectivity index (χ4v) is 3.24. The van der Waals surface area contributed by atoms with Crippen LogP contribution in [0.2, 0.25) is 0 Å². The van der Waals surface area contributed by atoms with Gasteiger partial charge in [-0.3, -0.25) is 9.59 Å². The Morgan fingerprint density at radius 3 is 2.96 bits per heavy atom. The van der Waals surface area contributed by atoms with Crippen LogP contribution in [0.5, 0.6) is 11.5 Å². The average molecular weight is 377 g/mol. The van der Waals surface area contributed by atoms with E-state index in [1.54, 1.807) is 12.1 Å². The third-order valence-corrected chi connectivity index (χ3v) is 4.62. The Labute approximate surface area is 157 Å². The highest BCUT2D eigenvalue weighted by molar-refractivity contribution is 5.99. The predicted octanol–water partition coefficient (Wildman–Crippen LogP) is 1.54. The second kappa shape index (κ2) is 6.08. The van der Waals surface area contributed by atoms with E-state index in [0.29, 0.717) is 22.5 Å². The smallest absolute Gasteiger partial charge is 0.277 e. The number of aryl methyl sites for hydroxylation is 1. The van der Waals surface area contributed by atoms with Crippen molar-refractivity contribution in [3.05, 3.63) is 63.6 Å². The molecule has 0 saturated heterocycles. The van der Waals surface area contributed by atoms with E-state index in [2.05, 4.69) is 20.6 Å². The number of benzene rings is 2. The van der Waals surface area contributed by atoms with Crippen LogP contribution in [0.15, 0.2) is 41.2 Å². The van der Waals surface area contributed by atoms with Crippen LogP contribution in [0.25, 0.3) is 16.6 Å². The lowest BCUT2D eigenvalue weighted by molar-refractivity contribution is 0.0947. The molecule has 1 aliphatic heterocycles. The molecule has 0 radical (unpaired) electrons. The number of carbonyl (C=O) groups excluding carboxylic acids is 1. The van der Waals surface area contributed by atoms with Crippen molar-refractivity contribution in [3.63, 3.8) is 0 Å². The maximum atomic E-state index is 12.6. The number of hydrogen-bond donors (Lipinski definition) is 2. The molecule has 0 saturated carbocycles. The van der Waals surface area contributed by atoms with E-state index in [4.69, 9.17) is 9.47 Å². The number of nitrogens with zero attached hydrogens (tertiary/aromatic N) is 3. The van der Waals surface area contributed by atoms with Gasteiger partial charge < -0.3 is 19.8 Å². The number of hydrogen-bond acceptors (Lipinski definition) is 6. The lowest BCUT2D eigenvalue weighted by Gasteiger charge is -2.05. The molecular formula is C19H15N5O4. The first-order chi connectivity index (χ1) is 13.6. The van der Waals surface area contributed by atoms with Crippen molar-refractivity contribution in [2.45, 2.75) is 13.5 Å². The van der Waals surface area contributed by atoms with Gasteiger partial charge in [-0.15, -0.1) is 5.10 Å². The zero-order valence-electron chi connectivity index (χ0n) is 14.9. The minimum Gasteiger partial charge on any atom is -0.454 e. The van der Waals surface area contributed by atoms with Gasteiger partial charge >= 0.3 is 0 Å². The molecule has 5 rings (SSSR count). The molecule has 1 aliphatic rings. The Hall–Kier alpha value is -3.88. The van der Waals surface area contributed by atoms with Crippen LogP contribution in [0.4, 0.5) is 0 Å². The number of H-pyrrole nitrogens is 1. The van der Waals surface area contributed by atoms with Gasteiger partial charge in [0.05, 0.1) is 11.0 Å². The predicted molar refractivity (Wildman–Crippen MR) is 99.6 cm³/mol. The number of rotatable bonds is 3. The van der Waals surface area contributed by atoms with Crippen molar-refractivity contribution in [2.75, 3.05) is 6.79 Å². The molecule has 0 spiro atoms. The van der Waals surface area contributed by atoms with Gasteiger partial charge in [0, 0.05) is 6.54 Å². The second-order valence-corrected chi connectivity index (χ2v) is 6.54. The van der Waals surface area contributed by atoms with Crippen LogP contribution < -0.4 is 20.3 Å². The number of ether oxygens (including phenoxy) is 2. The maximum absolute atomic E-state index is 12.6. The lowest BCUT2D eigenvalue weighted by Crippen LogP contribution is -2.25. The van der Waals surface area contributed by atoms with Gasteiger partial charge in [0.15, 0.2) is 22.7 Å². The van der Waals surface area contributed by atoms with Crippen molar-refractivity contribution < 1.29 is 14.3 Å². The fraction of sp³-hybridized carbons (Fsp3) is 0.158. The van der Waals surface area contributed by atoms with E-state index in [1.165, 1.54) is 4.52 Å². The summed E-state index contributed by atoms with van der Waals surface area (Å²) in [6, 6.07) is 11.0. The van der Waals surface area contributed by atoms with E-state index in [9.17, 15) is 9.59 Å². The van der Waals surface area contributed by atoms with Gasteiger partial charge in [0.25, 0.3) is 11.5 Å². The molecule has 1 amide bonds. The largest absolute Gasteiger partial charge is 0.454 e. The quantitative estimate of drug-likeness (QED) is 0.560. The molecule has 140 valence electrons. The Balaban J connectivity index is 1.46. The number of aromatic amines is 1. The SMILES string of the molecule is Cc1ccc2c(c1)[nH]c(=O)c1c(C(=O)NCc3ccc4c(c3)OCO4)nnn12. The highest BCUT2D eigenvalue weighted by Gasteiger charge is 2.20. The van der Waals surface area contributed by atoms with Crippen molar-refractivity contribution in [2.24, 2.45) is 0 Å². The van der Waals surface area contributed by atoms with Crippen molar-refractivity contribution in [1.82, 2.24) is 25.1 Å². The number of nitrogens with one attached hydrogen (secondary N) is 2. The standard InChI is InChI=1S/C19H15N5O4/c1-10-2-4-13-12(6-10)21-19(26)17-16(22-23-24(13)17)18(25)20-8-11-3-5-14-15(7-11)28-9-27-14/h2-7H,8-9H2,1H3,(H,20,25)(H,21,26). The monoisotopic (exact) mass is 377 g/mol. The normalized spacial score (nSPS) is 12.6. The average Bonchev–Trinajstić information content (AvgIpc) is 3.33. The summed E-state index contributed by atoms with van der Waals surface area (Å²) in [5.74, 6) is 0.830. The van der Waals surface area contributed by atoms with Crippen LogP contribution >= 0.6 is 0 Å². The first-order valence-corrected chi connectivity index (χ1v) is 8.65. The summed E-state index contributed by atoms with van der Waals surface area (Å²) in [5.41, 5.74) is 2.81. The number of carbonyl (C=O) groups is 1. The molecule has 2 aromatic carbocycles. The summed E-state index contributed by atoms with van der Waals surface area (Å²) < 4.78 is 12.0.